The van der Waals surface area contributed by atoms with Crippen LogP contribution in [0.15, 0.2) is 41.8 Å². The molecule has 3 nitrogen and oxygen atoms in total. The Hall–Kier alpha value is -1.36. The average molecular weight is 276 g/mol. The Morgan fingerprint density at radius 3 is 2.74 bits per heavy atom. The molecule has 0 fully saturated rings. The van der Waals surface area contributed by atoms with E-state index in [0.717, 1.165) is 5.56 Å². The van der Waals surface area contributed by atoms with Crippen LogP contribution in [0.3, 0.4) is 0 Å². The minimum absolute atomic E-state index is 0.302. The van der Waals surface area contributed by atoms with E-state index in [4.69, 9.17) is 5.73 Å². The van der Waals surface area contributed by atoms with E-state index in [1.807, 2.05) is 31.3 Å². The number of aliphatic hydroxyl groups excluding tert-OH is 1. The molecule has 3 N–H and O–H groups in total. The maximum atomic E-state index is 10.3. The summed E-state index contributed by atoms with van der Waals surface area (Å²) in [6, 6.07) is 11.9. The predicted octanol–water partition coefficient (Wildman–Crippen LogP) is 3.06. The summed E-state index contributed by atoms with van der Waals surface area (Å²) >= 11 is 1.74. The van der Waals surface area contributed by atoms with Crippen molar-refractivity contribution in [3.8, 4) is 0 Å². The molecule has 1 heterocycles. The lowest BCUT2D eigenvalue weighted by Gasteiger charge is -2.26. The van der Waals surface area contributed by atoms with Crippen molar-refractivity contribution in [2.75, 3.05) is 19.3 Å². The number of aliphatic hydroxyl groups is 1. The molecule has 0 amide bonds. The summed E-state index contributed by atoms with van der Waals surface area (Å²) in [5.74, 6) is 0. The van der Waals surface area contributed by atoms with Gasteiger partial charge < -0.3 is 10.8 Å². The Morgan fingerprint density at radius 2 is 2.11 bits per heavy atom. The van der Waals surface area contributed by atoms with Crippen LogP contribution >= 0.6 is 11.3 Å². The van der Waals surface area contributed by atoms with Crippen LogP contribution in [0.2, 0.25) is 0 Å². The largest absolute Gasteiger partial charge is 0.399 e. The molecule has 0 aliphatic carbocycles. The van der Waals surface area contributed by atoms with E-state index in [9.17, 15) is 5.11 Å². The molecule has 0 aliphatic heterocycles. The average Bonchev–Trinajstić information content (AvgIpc) is 2.91. The molecule has 0 radical (unpaired) electrons. The molecule has 0 saturated carbocycles. The minimum atomic E-state index is -0.518. The Bertz CT molecular complexity index is 513. The second-order valence-electron chi connectivity index (χ2n) is 4.82. The van der Waals surface area contributed by atoms with E-state index in [2.05, 4.69) is 29.3 Å². The third-order valence-electron chi connectivity index (χ3n) is 3.37. The summed E-state index contributed by atoms with van der Waals surface area (Å²) in [4.78, 5) is 3.46. The van der Waals surface area contributed by atoms with E-state index < -0.39 is 6.10 Å². The van der Waals surface area contributed by atoms with Crippen LogP contribution in [0.25, 0.3) is 0 Å². The first-order valence-electron chi connectivity index (χ1n) is 6.35. The fourth-order valence-electron chi connectivity index (χ4n) is 2.05. The van der Waals surface area contributed by atoms with Gasteiger partial charge in [0.1, 0.15) is 0 Å². The summed E-state index contributed by atoms with van der Waals surface area (Å²) in [5.41, 5.74) is 7.29. The zero-order valence-electron chi connectivity index (χ0n) is 11.3. The zero-order chi connectivity index (χ0) is 13.8. The van der Waals surface area contributed by atoms with Gasteiger partial charge in [-0.15, -0.1) is 11.3 Å². The predicted molar refractivity (Wildman–Crippen MR) is 81.2 cm³/mol. The number of thiophene rings is 1. The van der Waals surface area contributed by atoms with Crippen LogP contribution in [0.5, 0.6) is 0 Å². The molecule has 0 spiro atoms. The van der Waals surface area contributed by atoms with Crippen LogP contribution in [0.1, 0.15) is 29.5 Å². The molecule has 2 atom stereocenters. The van der Waals surface area contributed by atoms with Crippen LogP contribution in [-0.4, -0.2) is 23.6 Å². The summed E-state index contributed by atoms with van der Waals surface area (Å²) in [5, 5.41) is 12.3. The standard InChI is InChI=1S/C15H20N2OS/c1-11(15-7-4-8-19-15)17(2)10-14(18)12-5-3-6-13(16)9-12/h3-9,11,14,18H,10,16H2,1-2H3. The van der Waals surface area contributed by atoms with Gasteiger partial charge in [-0.1, -0.05) is 18.2 Å². The number of likely N-dealkylation sites (N-methyl/N-ethyl adjacent to an activating group) is 1. The highest BCUT2D eigenvalue weighted by Crippen LogP contribution is 2.25. The van der Waals surface area contributed by atoms with Gasteiger partial charge in [-0.3, -0.25) is 4.90 Å². The number of nitrogen functional groups attached to an aromatic ring is 1. The number of hydrogen-bond donors (Lipinski definition) is 2. The lowest BCUT2D eigenvalue weighted by molar-refractivity contribution is 0.109. The first kappa shape index (κ1) is 14.1. The molecule has 2 aromatic rings. The number of nitrogens with zero attached hydrogens (tertiary/aromatic N) is 1. The van der Waals surface area contributed by atoms with Crippen molar-refractivity contribution in [2.45, 2.75) is 19.1 Å². The van der Waals surface area contributed by atoms with Gasteiger partial charge >= 0.3 is 0 Å². The van der Waals surface area contributed by atoms with Gasteiger partial charge in [-0.05, 0) is 43.1 Å². The van der Waals surface area contributed by atoms with Gasteiger partial charge in [-0.25, -0.2) is 0 Å². The van der Waals surface area contributed by atoms with E-state index in [1.165, 1.54) is 4.88 Å². The van der Waals surface area contributed by atoms with Crippen molar-refractivity contribution < 1.29 is 5.11 Å². The maximum Gasteiger partial charge on any atom is 0.0917 e. The Labute approximate surface area is 118 Å². The van der Waals surface area contributed by atoms with Gasteiger partial charge in [0.15, 0.2) is 0 Å². The van der Waals surface area contributed by atoms with Crippen molar-refractivity contribution in [1.82, 2.24) is 4.90 Å². The molecule has 2 unspecified atom stereocenters. The van der Waals surface area contributed by atoms with E-state index in [0.29, 0.717) is 18.3 Å². The molecule has 0 aliphatic rings. The Morgan fingerprint density at radius 1 is 1.32 bits per heavy atom. The molecule has 4 heteroatoms. The third kappa shape index (κ3) is 3.56. The fourth-order valence-corrected chi connectivity index (χ4v) is 2.90. The van der Waals surface area contributed by atoms with Gasteiger partial charge in [0.2, 0.25) is 0 Å². The topological polar surface area (TPSA) is 49.5 Å². The number of anilines is 1. The Balaban J connectivity index is 2.00. The van der Waals surface area contributed by atoms with Crippen molar-refractivity contribution in [3.05, 3.63) is 52.2 Å². The van der Waals surface area contributed by atoms with Gasteiger partial charge in [0.25, 0.3) is 0 Å². The van der Waals surface area contributed by atoms with Crippen molar-refractivity contribution in [1.29, 1.82) is 0 Å². The van der Waals surface area contributed by atoms with Gasteiger partial charge in [0.05, 0.1) is 6.10 Å². The quantitative estimate of drug-likeness (QED) is 0.825. The molecule has 1 aromatic heterocycles. The summed E-state index contributed by atoms with van der Waals surface area (Å²) in [6.45, 7) is 2.74. The lowest BCUT2D eigenvalue weighted by atomic mass is 10.1. The molecular weight excluding hydrogens is 256 g/mol. The van der Waals surface area contributed by atoms with Crippen LogP contribution in [0, 0.1) is 0 Å². The van der Waals surface area contributed by atoms with Crippen LogP contribution < -0.4 is 5.73 Å². The summed E-state index contributed by atoms with van der Waals surface area (Å²) in [6.07, 6.45) is -0.518. The molecule has 1 aromatic carbocycles. The maximum absolute atomic E-state index is 10.3. The lowest BCUT2D eigenvalue weighted by Crippen LogP contribution is -2.27. The minimum Gasteiger partial charge on any atom is -0.399 e. The van der Waals surface area contributed by atoms with Crippen molar-refractivity contribution in [2.24, 2.45) is 0 Å². The smallest absolute Gasteiger partial charge is 0.0917 e. The van der Waals surface area contributed by atoms with E-state index in [-0.39, 0.29) is 0 Å². The second-order valence-corrected chi connectivity index (χ2v) is 5.80. The van der Waals surface area contributed by atoms with Crippen molar-refractivity contribution >= 4 is 17.0 Å². The first-order valence-corrected chi connectivity index (χ1v) is 7.23. The van der Waals surface area contributed by atoms with Crippen LogP contribution in [-0.2, 0) is 0 Å². The number of benzene rings is 1. The number of hydrogen-bond acceptors (Lipinski definition) is 4. The molecular formula is C15H20N2OS. The monoisotopic (exact) mass is 276 g/mol. The zero-order valence-corrected chi connectivity index (χ0v) is 12.1. The summed E-state index contributed by atoms with van der Waals surface area (Å²) < 4.78 is 0. The highest BCUT2D eigenvalue weighted by molar-refractivity contribution is 7.10. The Kier molecular flexibility index (Phi) is 4.58. The third-order valence-corrected chi connectivity index (χ3v) is 4.42. The van der Waals surface area contributed by atoms with Gasteiger partial charge in [-0.2, -0.15) is 0 Å². The molecule has 0 bridgehead atoms. The van der Waals surface area contributed by atoms with Gasteiger partial charge in [0, 0.05) is 23.2 Å². The second kappa shape index (κ2) is 6.19. The molecule has 19 heavy (non-hydrogen) atoms. The highest BCUT2D eigenvalue weighted by Gasteiger charge is 2.17. The highest BCUT2D eigenvalue weighted by atomic mass is 32.1. The fraction of sp³-hybridized carbons (Fsp3) is 0.333. The normalized spacial score (nSPS) is 14.5. The molecule has 102 valence electrons. The molecule has 2 rings (SSSR count). The number of nitrogens with two attached hydrogens (primary N) is 1. The van der Waals surface area contributed by atoms with Crippen LogP contribution in [0.4, 0.5) is 5.69 Å². The number of rotatable bonds is 5. The molecule has 0 saturated heterocycles. The van der Waals surface area contributed by atoms with Crippen molar-refractivity contribution in [3.63, 3.8) is 0 Å². The SMILES string of the molecule is CC(c1cccs1)N(C)CC(O)c1cccc(N)c1. The summed E-state index contributed by atoms with van der Waals surface area (Å²) in [7, 11) is 2.03. The van der Waals surface area contributed by atoms with E-state index >= 15 is 0 Å². The first-order chi connectivity index (χ1) is 9.08. The van der Waals surface area contributed by atoms with E-state index in [1.54, 1.807) is 11.3 Å².